The summed E-state index contributed by atoms with van der Waals surface area (Å²) in [7, 11) is 6.72. The minimum atomic E-state index is -0.139. The van der Waals surface area contributed by atoms with E-state index in [0.29, 0.717) is 22.8 Å². The van der Waals surface area contributed by atoms with Crippen molar-refractivity contribution in [3.05, 3.63) is 81.9 Å². The second kappa shape index (κ2) is 11.6. The van der Waals surface area contributed by atoms with Crippen LogP contribution in [0.1, 0.15) is 43.0 Å². The minimum Gasteiger partial charge on any atom is -0.508 e. The van der Waals surface area contributed by atoms with Gasteiger partial charge in [-0.3, -0.25) is 29.4 Å². The van der Waals surface area contributed by atoms with Gasteiger partial charge in [0.25, 0.3) is 11.8 Å². The third kappa shape index (κ3) is 4.57. The molecule has 0 spiro atoms. The number of phenols is 2. The predicted molar refractivity (Wildman–Crippen MR) is 150 cm³/mol. The van der Waals surface area contributed by atoms with Crippen molar-refractivity contribution in [3.8, 4) is 11.5 Å². The molecular weight excluding hydrogens is 848 g/mol. The second-order valence-electron chi connectivity index (χ2n) is 9.42. The molecule has 4 aromatic carbocycles. The number of aliphatic imine (C=N–C) groups is 2. The van der Waals surface area contributed by atoms with Crippen molar-refractivity contribution in [1.82, 2.24) is 9.80 Å². The summed E-state index contributed by atoms with van der Waals surface area (Å²) in [5, 5.41) is 23.6. The molecule has 0 atom stereocenters. The molecule has 2 N–H and O–H groups in total. The van der Waals surface area contributed by atoms with E-state index in [-0.39, 0.29) is 65.4 Å². The van der Waals surface area contributed by atoms with Gasteiger partial charge in [-0.15, -0.1) is 0 Å². The Balaban J connectivity index is 0.000000210. The molecule has 0 fully saturated rings. The van der Waals surface area contributed by atoms with E-state index in [1.165, 1.54) is 9.80 Å². The molecule has 0 bridgehead atoms. The molecule has 2 heterocycles. The van der Waals surface area contributed by atoms with E-state index >= 15 is 0 Å². The van der Waals surface area contributed by atoms with E-state index in [1.54, 1.807) is 40.3 Å². The summed E-state index contributed by atoms with van der Waals surface area (Å²) >= 11 is 0. The number of carbonyl (C=O) groups excluding carboxylic acids is 2. The van der Waals surface area contributed by atoms with Gasteiger partial charge in [-0.2, -0.15) is 0 Å². The quantitative estimate of drug-likeness (QED) is 0.269. The molecule has 0 aromatic heterocycles. The molecule has 10 heteroatoms. The molecule has 204 valence electrons. The van der Waals surface area contributed by atoms with Gasteiger partial charge in [0.1, 0.15) is 23.2 Å². The molecule has 8 nitrogen and oxygen atoms in total. The van der Waals surface area contributed by atoms with Crippen LogP contribution < -0.4 is 0 Å². The molecule has 0 unspecified atom stereocenters. The Labute approximate surface area is 260 Å². The van der Waals surface area contributed by atoms with Crippen LogP contribution in [-0.2, 0) is 42.1 Å². The minimum absolute atomic E-state index is 0. The molecular formula is C30H28N4O4W2. The molecule has 40 heavy (non-hydrogen) atoms. The number of benzene rings is 4. The average molecular weight is 876 g/mol. The average Bonchev–Trinajstić information content (AvgIpc) is 2.92. The zero-order valence-electron chi connectivity index (χ0n) is 22.9. The van der Waals surface area contributed by atoms with Crippen molar-refractivity contribution in [2.45, 2.75) is 13.8 Å². The zero-order valence-corrected chi connectivity index (χ0v) is 28.8. The SMILES string of the molecule is CN=C1c2cc(O)c(C)c3cccc(c23)C(=O)N1C.CN=C1c2cccc3c(C)c(O)cc(c23)C(=O)N1C.[W].[W]. The van der Waals surface area contributed by atoms with Gasteiger partial charge in [-0.05, 0) is 53.9 Å². The van der Waals surface area contributed by atoms with Gasteiger partial charge in [0.05, 0.1) is 5.56 Å². The summed E-state index contributed by atoms with van der Waals surface area (Å²) in [5.74, 6) is 1.42. The van der Waals surface area contributed by atoms with Crippen molar-refractivity contribution in [2.24, 2.45) is 9.98 Å². The Morgan fingerprint density at radius 2 is 1.02 bits per heavy atom. The Kier molecular flexibility index (Phi) is 9.08. The number of nitrogens with zero attached hydrogens (tertiary/aromatic N) is 4. The fourth-order valence-corrected chi connectivity index (χ4v) is 5.39. The Morgan fingerprint density at radius 3 is 1.52 bits per heavy atom. The second-order valence-corrected chi connectivity index (χ2v) is 9.42. The number of aromatic hydroxyl groups is 2. The number of carbonyl (C=O) groups is 2. The number of amidine groups is 2. The van der Waals surface area contributed by atoms with Gasteiger partial charge in [-0.25, -0.2) is 0 Å². The fraction of sp³-hybridized carbons (Fsp3) is 0.200. The summed E-state index contributed by atoms with van der Waals surface area (Å²) in [6.07, 6.45) is 0. The molecule has 0 radical (unpaired) electrons. The zero-order chi connectivity index (χ0) is 27.5. The van der Waals surface area contributed by atoms with Crippen molar-refractivity contribution in [1.29, 1.82) is 0 Å². The normalized spacial score (nSPS) is 15.7. The maximum absolute atomic E-state index is 12.4. The van der Waals surface area contributed by atoms with Crippen LogP contribution in [0.2, 0.25) is 0 Å². The first-order valence-corrected chi connectivity index (χ1v) is 12.1. The number of amides is 2. The molecule has 2 amide bonds. The predicted octanol–water partition coefficient (Wildman–Crippen LogP) is 4.63. The van der Waals surface area contributed by atoms with Gasteiger partial charge in [0.15, 0.2) is 0 Å². The largest absolute Gasteiger partial charge is 0.508 e. The van der Waals surface area contributed by atoms with Crippen molar-refractivity contribution >= 4 is 45.0 Å². The first kappa shape index (κ1) is 31.2. The van der Waals surface area contributed by atoms with Crippen LogP contribution >= 0.6 is 0 Å². The van der Waals surface area contributed by atoms with Crippen LogP contribution in [0.4, 0.5) is 0 Å². The standard InChI is InChI=1S/2C15H14N2O2.2W/c1-8-9-5-4-6-10-13(9)11(7-12(8)18)14(16-2)17(3)15(10)19;1-8-9-5-4-6-10-13(9)11(7-12(8)18)15(19)17(3)14(10)16-2;;/h2*4-7,18H,1-3H3;;. The van der Waals surface area contributed by atoms with Gasteiger partial charge in [0.2, 0.25) is 0 Å². The molecule has 4 aromatic rings. The third-order valence-corrected chi connectivity index (χ3v) is 7.42. The van der Waals surface area contributed by atoms with Crippen molar-refractivity contribution < 1.29 is 61.9 Å². The summed E-state index contributed by atoms with van der Waals surface area (Å²) in [6, 6.07) is 14.6. The van der Waals surface area contributed by atoms with E-state index in [4.69, 9.17) is 0 Å². The van der Waals surface area contributed by atoms with Crippen molar-refractivity contribution in [2.75, 3.05) is 28.2 Å². The number of aryl methyl sites for hydroxylation is 2. The molecule has 0 aliphatic carbocycles. The molecule has 2 aliphatic rings. The van der Waals surface area contributed by atoms with E-state index < -0.39 is 0 Å². The molecule has 2 aliphatic heterocycles. The van der Waals surface area contributed by atoms with Crippen LogP contribution in [0, 0.1) is 13.8 Å². The van der Waals surface area contributed by atoms with Gasteiger partial charge >= 0.3 is 0 Å². The topological polar surface area (TPSA) is 106 Å². The first-order chi connectivity index (χ1) is 18.1. The van der Waals surface area contributed by atoms with Crippen LogP contribution in [-0.4, -0.2) is 71.7 Å². The van der Waals surface area contributed by atoms with Gasteiger partial charge < -0.3 is 10.2 Å². The van der Waals surface area contributed by atoms with Crippen molar-refractivity contribution in [3.63, 3.8) is 0 Å². The number of hydrogen-bond acceptors (Lipinski definition) is 6. The molecule has 0 saturated carbocycles. The van der Waals surface area contributed by atoms with Crippen LogP contribution in [0.5, 0.6) is 11.5 Å². The number of hydrogen-bond donors (Lipinski definition) is 2. The summed E-state index contributed by atoms with van der Waals surface area (Å²) in [5.41, 5.74) is 4.49. The Bertz CT molecular complexity index is 1750. The van der Waals surface area contributed by atoms with E-state index in [2.05, 4.69) is 9.98 Å². The summed E-state index contributed by atoms with van der Waals surface area (Å²) in [4.78, 5) is 36.2. The van der Waals surface area contributed by atoms with Crippen LogP contribution in [0.15, 0.2) is 58.5 Å². The smallest absolute Gasteiger partial charge is 0.259 e. The van der Waals surface area contributed by atoms with E-state index in [1.807, 2.05) is 50.2 Å². The Hall–Kier alpha value is -3.34. The maximum atomic E-state index is 12.4. The van der Waals surface area contributed by atoms with Gasteiger partial charge in [0, 0.05) is 97.8 Å². The fourth-order valence-electron chi connectivity index (χ4n) is 5.39. The Morgan fingerprint density at radius 1 is 0.625 bits per heavy atom. The van der Waals surface area contributed by atoms with E-state index in [9.17, 15) is 19.8 Å². The van der Waals surface area contributed by atoms with E-state index in [0.717, 1.165) is 43.8 Å². The summed E-state index contributed by atoms with van der Waals surface area (Å²) in [6.45, 7) is 3.70. The maximum Gasteiger partial charge on any atom is 0.259 e. The van der Waals surface area contributed by atoms with Crippen LogP contribution in [0.25, 0.3) is 21.5 Å². The summed E-state index contributed by atoms with van der Waals surface area (Å²) < 4.78 is 0. The molecule has 0 saturated heterocycles. The first-order valence-electron chi connectivity index (χ1n) is 12.1. The number of rotatable bonds is 0. The number of phenolic OH excluding ortho intramolecular Hbond substituents is 2. The monoisotopic (exact) mass is 876 g/mol. The molecule has 6 rings (SSSR count). The van der Waals surface area contributed by atoms with Crippen LogP contribution in [0.3, 0.4) is 0 Å². The van der Waals surface area contributed by atoms with Gasteiger partial charge in [-0.1, -0.05) is 30.3 Å². The third-order valence-electron chi connectivity index (χ3n) is 7.42.